The van der Waals surface area contributed by atoms with Crippen LogP contribution in [0.15, 0.2) is 18.2 Å². The molecule has 2 amide bonds. The summed E-state index contributed by atoms with van der Waals surface area (Å²) in [5, 5.41) is 15.3. The normalized spacial score (nSPS) is 9.90. The SMILES string of the molecule is CCCNC(=O)CNC(=O)c1ccc([N+](=O)[O-])c(F)c1. The van der Waals surface area contributed by atoms with Gasteiger partial charge in [0.2, 0.25) is 11.7 Å². The zero-order valence-electron chi connectivity index (χ0n) is 10.8. The Hall–Kier alpha value is -2.51. The molecule has 0 aliphatic rings. The molecule has 7 nitrogen and oxygen atoms in total. The van der Waals surface area contributed by atoms with Crippen LogP contribution in [0.4, 0.5) is 10.1 Å². The van der Waals surface area contributed by atoms with Crippen molar-refractivity contribution in [3.8, 4) is 0 Å². The summed E-state index contributed by atoms with van der Waals surface area (Å²) in [6.45, 7) is 2.15. The average molecular weight is 283 g/mol. The van der Waals surface area contributed by atoms with E-state index in [1.807, 2.05) is 6.92 Å². The van der Waals surface area contributed by atoms with Crippen LogP contribution in [0.25, 0.3) is 0 Å². The fourth-order valence-electron chi connectivity index (χ4n) is 1.39. The lowest BCUT2D eigenvalue weighted by Gasteiger charge is -2.06. The molecular weight excluding hydrogens is 269 g/mol. The summed E-state index contributed by atoms with van der Waals surface area (Å²) in [7, 11) is 0. The van der Waals surface area contributed by atoms with Crippen molar-refractivity contribution in [2.24, 2.45) is 0 Å². The molecule has 108 valence electrons. The van der Waals surface area contributed by atoms with E-state index in [0.717, 1.165) is 24.6 Å². The van der Waals surface area contributed by atoms with Gasteiger partial charge in [-0.1, -0.05) is 6.92 Å². The van der Waals surface area contributed by atoms with Gasteiger partial charge in [-0.3, -0.25) is 19.7 Å². The molecule has 0 aromatic heterocycles. The Morgan fingerprint density at radius 3 is 2.60 bits per heavy atom. The van der Waals surface area contributed by atoms with Crippen molar-refractivity contribution < 1.29 is 18.9 Å². The maximum Gasteiger partial charge on any atom is 0.304 e. The van der Waals surface area contributed by atoms with Gasteiger partial charge in [0.15, 0.2) is 0 Å². The summed E-state index contributed by atoms with van der Waals surface area (Å²) in [6, 6.07) is 2.79. The lowest BCUT2D eigenvalue weighted by molar-refractivity contribution is -0.387. The van der Waals surface area contributed by atoms with Gasteiger partial charge < -0.3 is 10.6 Å². The minimum atomic E-state index is -1.10. The van der Waals surface area contributed by atoms with E-state index in [9.17, 15) is 24.1 Å². The van der Waals surface area contributed by atoms with Gasteiger partial charge in [-0.05, 0) is 18.6 Å². The highest BCUT2D eigenvalue weighted by atomic mass is 19.1. The third-order valence-corrected chi connectivity index (χ3v) is 2.39. The van der Waals surface area contributed by atoms with Crippen molar-refractivity contribution >= 4 is 17.5 Å². The van der Waals surface area contributed by atoms with Crippen molar-refractivity contribution in [1.29, 1.82) is 0 Å². The second kappa shape index (κ2) is 7.17. The predicted molar refractivity (Wildman–Crippen MR) is 68.7 cm³/mol. The number of nitro benzene ring substituents is 1. The first-order valence-corrected chi connectivity index (χ1v) is 5.94. The third-order valence-electron chi connectivity index (χ3n) is 2.39. The molecule has 1 aromatic carbocycles. The summed E-state index contributed by atoms with van der Waals surface area (Å²) >= 11 is 0. The number of benzene rings is 1. The molecule has 0 spiro atoms. The number of carbonyl (C=O) groups is 2. The molecule has 0 atom stereocenters. The van der Waals surface area contributed by atoms with Crippen LogP contribution in [0.3, 0.4) is 0 Å². The summed E-state index contributed by atoms with van der Waals surface area (Å²) in [5.41, 5.74) is -0.793. The smallest absolute Gasteiger partial charge is 0.304 e. The second-order valence-electron chi connectivity index (χ2n) is 3.96. The maximum atomic E-state index is 13.3. The van der Waals surface area contributed by atoms with E-state index in [2.05, 4.69) is 10.6 Å². The Morgan fingerprint density at radius 2 is 2.05 bits per heavy atom. The summed E-state index contributed by atoms with van der Waals surface area (Å²) in [5.74, 6) is -2.13. The highest BCUT2D eigenvalue weighted by Gasteiger charge is 2.16. The third kappa shape index (κ3) is 4.30. The van der Waals surface area contributed by atoms with Crippen molar-refractivity contribution in [2.45, 2.75) is 13.3 Å². The van der Waals surface area contributed by atoms with E-state index in [4.69, 9.17) is 0 Å². The van der Waals surface area contributed by atoms with Gasteiger partial charge in [0.05, 0.1) is 11.5 Å². The van der Waals surface area contributed by atoms with Crippen LogP contribution in [0, 0.1) is 15.9 Å². The molecule has 0 aliphatic heterocycles. The lowest BCUT2D eigenvalue weighted by Crippen LogP contribution is -2.37. The van der Waals surface area contributed by atoms with Crippen molar-refractivity contribution in [2.75, 3.05) is 13.1 Å². The maximum absolute atomic E-state index is 13.3. The summed E-state index contributed by atoms with van der Waals surface area (Å²) in [4.78, 5) is 32.4. The van der Waals surface area contributed by atoms with Crippen LogP contribution in [0.5, 0.6) is 0 Å². The number of amides is 2. The number of rotatable bonds is 6. The number of nitro groups is 1. The number of nitrogens with zero attached hydrogens (tertiary/aromatic N) is 1. The fraction of sp³-hybridized carbons (Fsp3) is 0.333. The highest BCUT2D eigenvalue weighted by Crippen LogP contribution is 2.17. The molecule has 0 fully saturated rings. The Kier molecular flexibility index (Phi) is 5.57. The van der Waals surface area contributed by atoms with Gasteiger partial charge in [0, 0.05) is 18.2 Å². The monoisotopic (exact) mass is 283 g/mol. The van der Waals surface area contributed by atoms with E-state index in [1.165, 1.54) is 0 Å². The first-order valence-electron chi connectivity index (χ1n) is 5.94. The fourth-order valence-corrected chi connectivity index (χ4v) is 1.39. The predicted octanol–water partition coefficient (Wildman–Crippen LogP) is 0.990. The van der Waals surface area contributed by atoms with E-state index in [-0.39, 0.29) is 18.0 Å². The standard InChI is InChI=1S/C12H14FN3O4/c1-2-5-14-11(17)7-15-12(18)8-3-4-10(16(19)20)9(13)6-8/h3-4,6H,2,5,7H2,1H3,(H,14,17)(H,15,18). The minimum Gasteiger partial charge on any atom is -0.355 e. The second-order valence-corrected chi connectivity index (χ2v) is 3.96. The van der Waals surface area contributed by atoms with Gasteiger partial charge in [0.1, 0.15) is 0 Å². The molecule has 0 unspecified atom stereocenters. The van der Waals surface area contributed by atoms with Gasteiger partial charge in [-0.25, -0.2) is 0 Å². The van der Waals surface area contributed by atoms with Gasteiger partial charge in [0.25, 0.3) is 5.91 Å². The van der Waals surface area contributed by atoms with E-state index >= 15 is 0 Å². The molecule has 1 rings (SSSR count). The molecule has 0 radical (unpaired) electrons. The van der Waals surface area contributed by atoms with Gasteiger partial charge >= 0.3 is 5.69 Å². The van der Waals surface area contributed by atoms with Crippen LogP contribution in [-0.4, -0.2) is 29.8 Å². The van der Waals surface area contributed by atoms with E-state index in [0.29, 0.717) is 6.54 Å². The number of hydrogen-bond donors (Lipinski definition) is 2. The van der Waals surface area contributed by atoms with Crippen LogP contribution >= 0.6 is 0 Å². The first kappa shape index (κ1) is 15.5. The Labute approximate surface area is 114 Å². The van der Waals surface area contributed by atoms with Crippen molar-refractivity contribution in [1.82, 2.24) is 10.6 Å². The van der Waals surface area contributed by atoms with Gasteiger partial charge in [-0.15, -0.1) is 0 Å². The molecule has 0 saturated carbocycles. The minimum absolute atomic E-state index is 0.0867. The summed E-state index contributed by atoms with van der Waals surface area (Å²) < 4.78 is 13.3. The van der Waals surface area contributed by atoms with Crippen molar-refractivity contribution in [3.63, 3.8) is 0 Å². The Balaban J connectivity index is 2.62. The molecule has 0 bridgehead atoms. The zero-order chi connectivity index (χ0) is 15.1. The summed E-state index contributed by atoms with van der Waals surface area (Å²) in [6.07, 6.45) is 0.771. The van der Waals surface area contributed by atoms with Gasteiger partial charge in [-0.2, -0.15) is 4.39 Å². The quantitative estimate of drug-likeness (QED) is 0.600. The molecular formula is C12H14FN3O4. The molecule has 1 aromatic rings. The largest absolute Gasteiger partial charge is 0.355 e. The van der Waals surface area contributed by atoms with Crippen LogP contribution in [0.1, 0.15) is 23.7 Å². The van der Waals surface area contributed by atoms with E-state index in [1.54, 1.807) is 0 Å². The van der Waals surface area contributed by atoms with Crippen LogP contribution in [-0.2, 0) is 4.79 Å². The van der Waals surface area contributed by atoms with Crippen molar-refractivity contribution in [3.05, 3.63) is 39.7 Å². The average Bonchev–Trinajstić information content (AvgIpc) is 2.41. The molecule has 0 saturated heterocycles. The molecule has 0 aliphatic carbocycles. The number of halogens is 1. The Bertz CT molecular complexity index is 533. The zero-order valence-corrected chi connectivity index (χ0v) is 10.8. The molecule has 20 heavy (non-hydrogen) atoms. The lowest BCUT2D eigenvalue weighted by atomic mass is 10.2. The molecule has 0 heterocycles. The number of hydrogen-bond acceptors (Lipinski definition) is 4. The first-order chi connectivity index (χ1) is 9.45. The van der Waals surface area contributed by atoms with Crippen LogP contribution < -0.4 is 10.6 Å². The number of carbonyl (C=O) groups excluding carboxylic acids is 2. The Morgan fingerprint density at radius 1 is 1.35 bits per heavy atom. The molecule has 8 heteroatoms. The van der Waals surface area contributed by atoms with E-state index < -0.39 is 22.3 Å². The molecule has 2 N–H and O–H groups in total. The van der Waals surface area contributed by atoms with Crippen LogP contribution in [0.2, 0.25) is 0 Å². The topological polar surface area (TPSA) is 101 Å². The number of nitrogens with one attached hydrogen (secondary N) is 2. The highest BCUT2D eigenvalue weighted by molar-refractivity contribution is 5.96.